The van der Waals surface area contributed by atoms with Gasteiger partial charge in [-0.05, 0) is 19.3 Å². The van der Waals surface area contributed by atoms with Crippen molar-refractivity contribution in [2.45, 2.75) is 40.2 Å². The van der Waals surface area contributed by atoms with E-state index in [0.29, 0.717) is 0 Å². The van der Waals surface area contributed by atoms with Crippen LogP contribution in [0.15, 0.2) is 0 Å². The van der Waals surface area contributed by atoms with Crippen LogP contribution in [0.4, 0.5) is 0 Å². The average molecular weight is 115 g/mol. The van der Waals surface area contributed by atoms with E-state index >= 15 is 0 Å². The van der Waals surface area contributed by atoms with Crippen LogP contribution in [0, 0.1) is 5.41 Å². The van der Waals surface area contributed by atoms with Gasteiger partial charge < -0.3 is 0 Å². The molecule has 1 nitrogen and oxygen atoms in total. The third-order valence-corrected chi connectivity index (χ3v) is 1.81. The molecule has 0 spiro atoms. The maximum Gasteiger partial charge on any atom is 0.103 e. The molecule has 0 unspecified atom stereocenters. The molecule has 0 atom stereocenters. The maximum absolute atomic E-state index is 11.1. The Labute approximate surface area is 51.7 Å². The smallest absolute Gasteiger partial charge is 0.103 e. The topological polar surface area (TPSA) is 19.9 Å². The lowest BCUT2D eigenvalue weighted by Crippen LogP contribution is -2.34. The summed E-state index contributed by atoms with van der Waals surface area (Å²) < 4.78 is 0. The Morgan fingerprint density at radius 1 is 0.875 bits per heavy atom. The zero-order valence-corrected chi connectivity index (χ0v) is 6.41. The van der Waals surface area contributed by atoms with E-state index in [1.807, 2.05) is 20.8 Å². The molecule has 0 aromatic carbocycles. The summed E-state index contributed by atoms with van der Waals surface area (Å²) in [5.41, 5.74) is -0.931. The predicted molar refractivity (Wildman–Crippen MR) is 34.2 cm³/mol. The van der Waals surface area contributed by atoms with Crippen LogP contribution in [0.25, 0.3) is 0 Å². The van der Waals surface area contributed by atoms with Gasteiger partial charge in [-0.15, -0.1) is 0 Å². The van der Waals surface area contributed by atoms with Gasteiger partial charge in [-0.3, -0.25) is 0 Å². The molecule has 0 amide bonds. The molecule has 0 rings (SSSR count). The lowest BCUT2D eigenvalue weighted by molar-refractivity contribution is -0.0810. The summed E-state index contributed by atoms with van der Waals surface area (Å²) in [6.45, 7) is 9.31. The number of hydrogen-bond donors (Lipinski definition) is 0. The van der Waals surface area contributed by atoms with Crippen molar-refractivity contribution in [3.05, 3.63) is 0 Å². The molecular formula is C7H15O. The van der Waals surface area contributed by atoms with Crippen LogP contribution in [0.3, 0.4) is 0 Å². The zero-order valence-electron chi connectivity index (χ0n) is 6.41. The molecule has 0 saturated carbocycles. The van der Waals surface area contributed by atoms with Crippen molar-refractivity contribution in [2.75, 3.05) is 0 Å². The Morgan fingerprint density at radius 3 is 1.00 bits per heavy atom. The van der Waals surface area contributed by atoms with Crippen LogP contribution in [-0.4, -0.2) is 5.60 Å². The van der Waals surface area contributed by atoms with Gasteiger partial charge in [0.05, 0.1) is 0 Å². The molecule has 0 aromatic rings. The van der Waals surface area contributed by atoms with E-state index in [-0.39, 0.29) is 5.41 Å². The molecule has 0 aliphatic carbocycles. The van der Waals surface area contributed by atoms with Crippen molar-refractivity contribution in [3.8, 4) is 0 Å². The molecule has 0 N–H and O–H groups in total. The zero-order chi connectivity index (χ0) is 7.00. The molecule has 0 aromatic heterocycles. The van der Waals surface area contributed by atoms with Crippen LogP contribution in [0.5, 0.6) is 0 Å². The summed E-state index contributed by atoms with van der Waals surface area (Å²) in [7, 11) is 0. The third-order valence-electron chi connectivity index (χ3n) is 1.81. The van der Waals surface area contributed by atoms with Gasteiger partial charge in [0.2, 0.25) is 0 Å². The Hall–Kier alpha value is -0.0400. The van der Waals surface area contributed by atoms with Crippen molar-refractivity contribution < 1.29 is 5.11 Å². The van der Waals surface area contributed by atoms with E-state index in [0.717, 1.165) is 0 Å². The van der Waals surface area contributed by atoms with Crippen molar-refractivity contribution in [3.63, 3.8) is 0 Å². The second-order valence-corrected chi connectivity index (χ2v) is 3.76. The highest BCUT2D eigenvalue weighted by Gasteiger charge is 2.31. The van der Waals surface area contributed by atoms with Crippen molar-refractivity contribution >= 4 is 0 Å². The molecule has 0 aliphatic heterocycles. The van der Waals surface area contributed by atoms with Gasteiger partial charge in [-0.1, -0.05) is 20.8 Å². The van der Waals surface area contributed by atoms with E-state index < -0.39 is 5.60 Å². The maximum atomic E-state index is 11.1. The van der Waals surface area contributed by atoms with Crippen LogP contribution in [0.1, 0.15) is 34.6 Å². The summed E-state index contributed by atoms with van der Waals surface area (Å²) in [4.78, 5) is 0. The minimum absolute atomic E-state index is 0.118. The van der Waals surface area contributed by atoms with Gasteiger partial charge in [0.15, 0.2) is 0 Å². The Bertz CT molecular complexity index is 59.4. The fourth-order valence-electron chi connectivity index (χ4n) is 0. The van der Waals surface area contributed by atoms with Crippen molar-refractivity contribution in [2.24, 2.45) is 5.41 Å². The SMILES string of the molecule is CC(C)(C)C(C)(C)[O]. The van der Waals surface area contributed by atoms with Crippen LogP contribution in [0.2, 0.25) is 0 Å². The normalized spacial score (nSPS) is 14.2. The molecule has 49 valence electrons. The second kappa shape index (κ2) is 1.73. The van der Waals surface area contributed by atoms with E-state index in [4.69, 9.17) is 0 Å². The largest absolute Gasteiger partial charge is 0.230 e. The Balaban J connectivity index is 4.02. The second-order valence-electron chi connectivity index (χ2n) is 3.76. The molecule has 0 bridgehead atoms. The highest BCUT2D eigenvalue weighted by atomic mass is 16.3. The summed E-state index contributed by atoms with van der Waals surface area (Å²) in [6.07, 6.45) is 0. The molecule has 1 radical (unpaired) electrons. The molecule has 0 saturated heterocycles. The van der Waals surface area contributed by atoms with Gasteiger partial charge in [0.25, 0.3) is 0 Å². The van der Waals surface area contributed by atoms with Gasteiger partial charge in [-0.25, -0.2) is 5.11 Å². The summed E-state index contributed by atoms with van der Waals surface area (Å²) in [5, 5.41) is 11.1. The number of hydrogen-bond acceptors (Lipinski definition) is 0. The number of rotatable bonds is 0. The molecule has 0 fully saturated rings. The van der Waals surface area contributed by atoms with Crippen LogP contribution in [-0.2, 0) is 5.11 Å². The first kappa shape index (κ1) is 7.96. The van der Waals surface area contributed by atoms with Gasteiger partial charge in [-0.2, -0.15) is 0 Å². The lowest BCUT2D eigenvalue weighted by Gasteiger charge is -2.30. The Kier molecular flexibility index (Phi) is 1.72. The molecule has 0 heterocycles. The highest BCUT2D eigenvalue weighted by Crippen LogP contribution is 2.29. The van der Waals surface area contributed by atoms with E-state index in [2.05, 4.69) is 0 Å². The standard InChI is InChI=1S/C7H15O/c1-6(2,3)7(4,5)8/h1-5H3. The fourth-order valence-corrected chi connectivity index (χ4v) is 0. The minimum atomic E-state index is -0.812. The minimum Gasteiger partial charge on any atom is -0.230 e. The van der Waals surface area contributed by atoms with Crippen LogP contribution < -0.4 is 0 Å². The lowest BCUT2D eigenvalue weighted by atomic mass is 9.79. The first-order valence-electron chi connectivity index (χ1n) is 2.95. The third kappa shape index (κ3) is 1.83. The predicted octanol–water partition coefficient (Wildman–Crippen LogP) is 2.24. The molecule has 8 heavy (non-hydrogen) atoms. The Morgan fingerprint density at radius 2 is 1.00 bits per heavy atom. The molecule has 0 aliphatic rings. The first-order valence-corrected chi connectivity index (χ1v) is 2.95. The summed E-state index contributed by atoms with van der Waals surface area (Å²) in [5.74, 6) is 0. The van der Waals surface area contributed by atoms with Crippen molar-refractivity contribution in [1.29, 1.82) is 0 Å². The van der Waals surface area contributed by atoms with E-state index in [1.54, 1.807) is 13.8 Å². The van der Waals surface area contributed by atoms with E-state index in [1.165, 1.54) is 0 Å². The average Bonchev–Trinajstić information content (AvgIpc) is 1.25. The van der Waals surface area contributed by atoms with Gasteiger partial charge >= 0.3 is 0 Å². The monoisotopic (exact) mass is 115 g/mol. The molecule has 1 heteroatoms. The van der Waals surface area contributed by atoms with Crippen molar-refractivity contribution in [1.82, 2.24) is 0 Å². The fraction of sp³-hybridized carbons (Fsp3) is 1.00. The van der Waals surface area contributed by atoms with Crippen LogP contribution >= 0.6 is 0 Å². The summed E-state index contributed by atoms with van der Waals surface area (Å²) in [6, 6.07) is 0. The quantitative estimate of drug-likeness (QED) is 0.461. The molecular weight excluding hydrogens is 100 g/mol. The highest BCUT2D eigenvalue weighted by molar-refractivity contribution is 4.80. The first-order chi connectivity index (χ1) is 3.25. The van der Waals surface area contributed by atoms with E-state index in [9.17, 15) is 5.11 Å². The summed E-state index contributed by atoms with van der Waals surface area (Å²) >= 11 is 0. The van der Waals surface area contributed by atoms with Gasteiger partial charge in [0, 0.05) is 0 Å². The van der Waals surface area contributed by atoms with Gasteiger partial charge in [0.1, 0.15) is 5.60 Å².